The Morgan fingerprint density at radius 2 is 1.44 bits per heavy atom. The Morgan fingerprint density at radius 1 is 0.812 bits per heavy atom. The minimum atomic E-state index is 0. The Hall–Kier alpha value is -1.40. The van der Waals surface area contributed by atoms with Gasteiger partial charge in [0, 0.05) is 61.5 Å². The molecule has 2 atom stereocenters. The molecular weight excluding hydrogens is 460 g/mol. The molecule has 2 saturated heterocycles. The molecular formula is C27H45BrN4. The van der Waals surface area contributed by atoms with Crippen LogP contribution in [-0.2, 0) is 0 Å². The van der Waals surface area contributed by atoms with E-state index in [1.165, 1.54) is 32.4 Å². The van der Waals surface area contributed by atoms with Crippen molar-refractivity contribution in [1.29, 1.82) is 0 Å². The van der Waals surface area contributed by atoms with E-state index in [-0.39, 0.29) is 7.43 Å². The lowest BCUT2D eigenvalue weighted by Gasteiger charge is -2.34. The van der Waals surface area contributed by atoms with Crippen LogP contribution < -0.4 is 20.9 Å². The van der Waals surface area contributed by atoms with E-state index < -0.39 is 0 Å². The van der Waals surface area contributed by atoms with Crippen molar-refractivity contribution < 1.29 is 0 Å². The third-order valence-corrected chi connectivity index (χ3v) is 6.93. The maximum absolute atomic E-state index is 3.47. The number of benzene rings is 2. The van der Waals surface area contributed by atoms with Gasteiger partial charge in [-0.25, -0.2) is 0 Å². The van der Waals surface area contributed by atoms with E-state index in [0.717, 1.165) is 39.3 Å². The molecule has 0 aliphatic carbocycles. The van der Waals surface area contributed by atoms with Crippen LogP contribution in [0, 0.1) is 27.7 Å². The van der Waals surface area contributed by atoms with E-state index >= 15 is 0 Å². The highest BCUT2D eigenvalue weighted by Crippen LogP contribution is 2.23. The fourth-order valence-electron chi connectivity index (χ4n) is 3.74. The lowest BCUT2D eigenvalue weighted by Crippen LogP contribution is -2.49. The predicted octanol–water partition coefficient (Wildman–Crippen LogP) is 5.37. The first-order chi connectivity index (χ1) is 14.8. The summed E-state index contributed by atoms with van der Waals surface area (Å²) in [4.78, 5) is 2.49. The molecule has 5 heteroatoms. The third kappa shape index (κ3) is 9.22. The van der Waals surface area contributed by atoms with Crippen LogP contribution in [0.2, 0.25) is 0 Å². The van der Waals surface area contributed by atoms with Gasteiger partial charge in [-0.3, -0.25) is 0 Å². The molecule has 0 saturated carbocycles. The molecule has 4 nitrogen and oxygen atoms in total. The summed E-state index contributed by atoms with van der Waals surface area (Å²) in [5.41, 5.74) is 6.88. The van der Waals surface area contributed by atoms with Crippen molar-refractivity contribution in [1.82, 2.24) is 16.0 Å². The second-order valence-corrected chi connectivity index (χ2v) is 9.62. The zero-order chi connectivity index (χ0) is 22.8. The van der Waals surface area contributed by atoms with Gasteiger partial charge in [-0.1, -0.05) is 47.6 Å². The fourth-order valence-corrected chi connectivity index (χ4v) is 4.21. The first kappa shape index (κ1) is 28.6. The molecule has 3 N–H and O–H groups in total. The van der Waals surface area contributed by atoms with Gasteiger partial charge in [-0.15, -0.1) is 0 Å². The SMILES string of the molecule is C.CC1CNCCN1.Cc1cccc(Br)c1C.Cc1cccc(N2CCNC(C)C2)c1C. The molecule has 0 radical (unpaired) electrons. The highest BCUT2D eigenvalue weighted by Gasteiger charge is 2.17. The quantitative estimate of drug-likeness (QED) is 0.487. The van der Waals surface area contributed by atoms with Crippen LogP contribution in [0.5, 0.6) is 0 Å². The number of hydrogen-bond donors (Lipinski definition) is 3. The minimum absolute atomic E-state index is 0. The van der Waals surface area contributed by atoms with Crippen molar-refractivity contribution in [2.75, 3.05) is 44.2 Å². The number of rotatable bonds is 1. The van der Waals surface area contributed by atoms with E-state index in [2.05, 4.69) is 109 Å². The van der Waals surface area contributed by atoms with Crippen molar-refractivity contribution in [3.8, 4) is 0 Å². The smallest absolute Gasteiger partial charge is 0.0399 e. The molecule has 2 aliphatic rings. The Kier molecular flexibility index (Phi) is 13.1. The number of anilines is 1. The van der Waals surface area contributed by atoms with E-state index in [4.69, 9.17) is 0 Å². The number of nitrogens with one attached hydrogen (secondary N) is 3. The minimum Gasteiger partial charge on any atom is -0.368 e. The first-order valence-electron chi connectivity index (χ1n) is 11.5. The van der Waals surface area contributed by atoms with E-state index in [1.54, 1.807) is 0 Å². The summed E-state index contributed by atoms with van der Waals surface area (Å²) in [6, 6.07) is 14.1. The molecule has 0 bridgehead atoms. The van der Waals surface area contributed by atoms with Gasteiger partial charge in [0.05, 0.1) is 0 Å². The monoisotopic (exact) mass is 504 g/mol. The van der Waals surface area contributed by atoms with Crippen LogP contribution in [0.3, 0.4) is 0 Å². The molecule has 32 heavy (non-hydrogen) atoms. The standard InChI is InChI=1S/C13H20N2.C8H9Br.C5H12N2.CH4/c1-10-5-4-6-13(12(10)3)15-8-7-14-11(2)9-15;1-6-4-3-5-8(9)7(6)2;1-5-4-6-2-3-7-5;/h4-6,11,14H,7-9H2,1-3H3;3-5H,1-2H3;5-7H,2-4H2,1H3;1H4. The largest absolute Gasteiger partial charge is 0.368 e. The number of piperazine rings is 2. The molecule has 2 fully saturated rings. The average molecular weight is 506 g/mol. The Morgan fingerprint density at radius 3 is 1.94 bits per heavy atom. The number of nitrogens with zero attached hydrogens (tertiary/aromatic N) is 1. The summed E-state index contributed by atoms with van der Waals surface area (Å²) >= 11 is 3.45. The average Bonchev–Trinajstić information content (AvgIpc) is 2.75. The molecule has 2 aromatic rings. The van der Waals surface area contributed by atoms with Gasteiger partial charge in [-0.05, 0) is 75.9 Å². The van der Waals surface area contributed by atoms with Gasteiger partial charge in [0.25, 0.3) is 0 Å². The molecule has 0 spiro atoms. The first-order valence-corrected chi connectivity index (χ1v) is 12.3. The zero-order valence-corrected chi connectivity index (χ0v) is 21.8. The van der Waals surface area contributed by atoms with Gasteiger partial charge in [-0.2, -0.15) is 0 Å². The normalized spacial score (nSPS) is 20.2. The number of hydrogen-bond acceptors (Lipinski definition) is 4. The zero-order valence-electron chi connectivity index (χ0n) is 20.2. The van der Waals surface area contributed by atoms with E-state index in [9.17, 15) is 0 Å². The lowest BCUT2D eigenvalue weighted by atomic mass is 10.1. The predicted molar refractivity (Wildman–Crippen MR) is 146 cm³/mol. The lowest BCUT2D eigenvalue weighted by molar-refractivity contribution is 0.442. The summed E-state index contributed by atoms with van der Waals surface area (Å²) < 4.78 is 1.20. The summed E-state index contributed by atoms with van der Waals surface area (Å²) in [6.07, 6.45) is 0. The van der Waals surface area contributed by atoms with Crippen molar-refractivity contribution in [3.63, 3.8) is 0 Å². The Labute approximate surface area is 205 Å². The molecule has 180 valence electrons. The van der Waals surface area contributed by atoms with Gasteiger partial charge in [0.2, 0.25) is 0 Å². The molecule has 2 aliphatic heterocycles. The van der Waals surface area contributed by atoms with Crippen LogP contribution in [0.1, 0.15) is 43.5 Å². The van der Waals surface area contributed by atoms with Gasteiger partial charge >= 0.3 is 0 Å². The van der Waals surface area contributed by atoms with Crippen molar-refractivity contribution in [3.05, 3.63) is 63.1 Å². The summed E-state index contributed by atoms with van der Waals surface area (Å²) in [6.45, 7) is 19.8. The molecule has 4 rings (SSSR count). The molecule has 0 aromatic heterocycles. The van der Waals surface area contributed by atoms with Crippen LogP contribution in [0.25, 0.3) is 0 Å². The second kappa shape index (κ2) is 14.7. The molecule has 0 amide bonds. The van der Waals surface area contributed by atoms with E-state index in [1.807, 2.05) is 6.07 Å². The van der Waals surface area contributed by atoms with Crippen molar-refractivity contribution in [2.45, 2.75) is 61.1 Å². The maximum Gasteiger partial charge on any atom is 0.0399 e. The summed E-state index contributed by atoms with van der Waals surface area (Å²) in [5.74, 6) is 0. The summed E-state index contributed by atoms with van der Waals surface area (Å²) in [7, 11) is 0. The molecule has 2 aromatic carbocycles. The van der Waals surface area contributed by atoms with Crippen LogP contribution in [0.4, 0.5) is 5.69 Å². The number of halogens is 1. The highest BCUT2D eigenvalue weighted by molar-refractivity contribution is 9.10. The van der Waals surface area contributed by atoms with Gasteiger partial charge in [0.15, 0.2) is 0 Å². The van der Waals surface area contributed by atoms with Gasteiger partial charge in [0.1, 0.15) is 0 Å². The summed E-state index contributed by atoms with van der Waals surface area (Å²) in [5, 5.41) is 10.1. The highest BCUT2D eigenvalue weighted by atomic mass is 79.9. The molecule has 2 heterocycles. The van der Waals surface area contributed by atoms with Crippen LogP contribution in [-0.4, -0.2) is 51.4 Å². The van der Waals surface area contributed by atoms with Crippen molar-refractivity contribution >= 4 is 21.6 Å². The Balaban J connectivity index is 0.000000258. The fraction of sp³-hybridized carbons (Fsp3) is 0.556. The second-order valence-electron chi connectivity index (χ2n) is 8.76. The van der Waals surface area contributed by atoms with Gasteiger partial charge < -0.3 is 20.9 Å². The van der Waals surface area contributed by atoms with Crippen LogP contribution >= 0.6 is 15.9 Å². The number of aryl methyl sites for hydroxylation is 2. The van der Waals surface area contributed by atoms with Crippen molar-refractivity contribution in [2.24, 2.45) is 0 Å². The molecule has 2 unspecified atom stereocenters. The Bertz CT molecular complexity index is 782. The maximum atomic E-state index is 3.47. The third-order valence-electron chi connectivity index (χ3n) is 6.07. The van der Waals surface area contributed by atoms with E-state index in [0.29, 0.717) is 12.1 Å². The van der Waals surface area contributed by atoms with Crippen LogP contribution in [0.15, 0.2) is 40.9 Å². The topological polar surface area (TPSA) is 39.3 Å².